The maximum absolute atomic E-state index is 6.88. The lowest BCUT2D eigenvalue weighted by atomic mass is 10.1. The molecule has 2 nitrogen and oxygen atoms in total. The van der Waals surface area contributed by atoms with Crippen LogP contribution in [-0.4, -0.2) is 7.11 Å². The maximum Gasteiger partial charge on any atom is 0.187 e. The SMILES string of the molecule is [C-]#[N+]c1ccc(/C=C/c2ccc(OC)cc2)cc1. The number of methoxy groups -OCH3 is 1. The Hall–Kier alpha value is -2.53. The fraction of sp³-hybridized carbons (Fsp3) is 0.0625. The van der Waals surface area contributed by atoms with E-state index in [9.17, 15) is 0 Å². The molecule has 0 amide bonds. The summed E-state index contributed by atoms with van der Waals surface area (Å²) in [7, 11) is 1.66. The van der Waals surface area contributed by atoms with Crippen LogP contribution in [0.5, 0.6) is 5.75 Å². The van der Waals surface area contributed by atoms with Gasteiger partial charge in [0, 0.05) is 0 Å². The topological polar surface area (TPSA) is 13.6 Å². The van der Waals surface area contributed by atoms with Crippen LogP contribution in [0.25, 0.3) is 17.0 Å². The Labute approximate surface area is 107 Å². The fourth-order valence-corrected chi connectivity index (χ4v) is 1.57. The van der Waals surface area contributed by atoms with Gasteiger partial charge >= 0.3 is 0 Å². The van der Waals surface area contributed by atoms with Crippen LogP contribution in [0.2, 0.25) is 0 Å². The molecule has 2 rings (SSSR count). The Morgan fingerprint density at radius 1 is 0.889 bits per heavy atom. The van der Waals surface area contributed by atoms with E-state index in [0.717, 1.165) is 16.9 Å². The first-order chi connectivity index (χ1) is 8.81. The Balaban J connectivity index is 2.11. The fourth-order valence-electron chi connectivity index (χ4n) is 1.57. The second-order valence-electron chi connectivity index (χ2n) is 3.81. The van der Waals surface area contributed by atoms with Gasteiger partial charge in [0.25, 0.3) is 0 Å². The highest BCUT2D eigenvalue weighted by molar-refractivity contribution is 5.70. The lowest BCUT2D eigenvalue weighted by Crippen LogP contribution is -1.81. The summed E-state index contributed by atoms with van der Waals surface area (Å²) >= 11 is 0. The zero-order chi connectivity index (χ0) is 12.8. The van der Waals surface area contributed by atoms with Gasteiger partial charge in [0.2, 0.25) is 0 Å². The van der Waals surface area contributed by atoms with Gasteiger partial charge in [0.1, 0.15) is 5.75 Å². The highest BCUT2D eigenvalue weighted by Crippen LogP contribution is 2.16. The molecule has 0 N–H and O–H groups in total. The molecule has 0 spiro atoms. The third-order valence-corrected chi connectivity index (χ3v) is 2.61. The van der Waals surface area contributed by atoms with Gasteiger partial charge in [0.15, 0.2) is 5.69 Å². The zero-order valence-electron chi connectivity index (χ0n) is 10.1. The van der Waals surface area contributed by atoms with Crippen molar-refractivity contribution in [3.8, 4) is 5.75 Å². The quantitative estimate of drug-likeness (QED) is 0.567. The minimum absolute atomic E-state index is 0.664. The van der Waals surface area contributed by atoms with Crippen LogP contribution >= 0.6 is 0 Å². The molecule has 2 aromatic carbocycles. The largest absolute Gasteiger partial charge is 0.497 e. The molecule has 0 radical (unpaired) electrons. The minimum atomic E-state index is 0.664. The predicted molar refractivity (Wildman–Crippen MR) is 74.6 cm³/mol. The molecule has 0 fully saturated rings. The Morgan fingerprint density at radius 2 is 1.39 bits per heavy atom. The molecule has 0 heterocycles. The van der Waals surface area contributed by atoms with Crippen LogP contribution < -0.4 is 4.74 Å². The molecule has 0 saturated carbocycles. The third kappa shape index (κ3) is 2.99. The van der Waals surface area contributed by atoms with E-state index in [1.54, 1.807) is 7.11 Å². The minimum Gasteiger partial charge on any atom is -0.497 e. The van der Waals surface area contributed by atoms with E-state index in [1.165, 1.54) is 0 Å². The molecule has 88 valence electrons. The number of hydrogen-bond acceptors (Lipinski definition) is 1. The third-order valence-electron chi connectivity index (χ3n) is 2.61. The molecule has 2 heteroatoms. The summed E-state index contributed by atoms with van der Waals surface area (Å²) in [6.45, 7) is 6.88. The standard InChI is InChI=1S/C16H13NO/c1-17-15-9-5-13(6-10-15)3-4-14-7-11-16(18-2)12-8-14/h3-12H,2H3/b4-3+. The monoisotopic (exact) mass is 235 g/mol. The first-order valence-electron chi connectivity index (χ1n) is 5.61. The van der Waals surface area contributed by atoms with Crippen molar-refractivity contribution >= 4 is 17.8 Å². The molecule has 0 bridgehead atoms. The van der Waals surface area contributed by atoms with Crippen molar-refractivity contribution in [2.45, 2.75) is 0 Å². The Morgan fingerprint density at radius 3 is 1.83 bits per heavy atom. The summed E-state index contributed by atoms with van der Waals surface area (Å²) in [5, 5.41) is 0. The van der Waals surface area contributed by atoms with E-state index in [2.05, 4.69) is 4.85 Å². The van der Waals surface area contributed by atoms with Crippen LogP contribution in [0.4, 0.5) is 5.69 Å². The van der Waals surface area contributed by atoms with Crippen LogP contribution in [0.1, 0.15) is 11.1 Å². The van der Waals surface area contributed by atoms with E-state index in [0.29, 0.717) is 5.69 Å². The average Bonchev–Trinajstić information content (AvgIpc) is 2.46. The maximum atomic E-state index is 6.88. The summed E-state index contributed by atoms with van der Waals surface area (Å²) in [5.41, 5.74) is 2.86. The molecule has 0 aliphatic carbocycles. The first kappa shape index (κ1) is 11.9. The van der Waals surface area contributed by atoms with Crippen LogP contribution in [0.3, 0.4) is 0 Å². The van der Waals surface area contributed by atoms with Gasteiger partial charge in [-0.25, -0.2) is 4.85 Å². The van der Waals surface area contributed by atoms with E-state index in [-0.39, 0.29) is 0 Å². The van der Waals surface area contributed by atoms with E-state index >= 15 is 0 Å². The molecule has 0 unspecified atom stereocenters. The van der Waals surface area contributed by atoms with Gasteiger partial charge < -0.3 is 4.74 Å². The lowest BCUT2D eigenvalue weighted by molar-refractivity contribution is 0.415. The van der Waals surface area contributed by atoms with E-state index in [4.69, 9.17) is 11.3 Å². The van der Waals surface area contributed by atoms with Gasteiger partial charge in [-0.05, 0) is 23.3 Å². The number of rotatable bonds is 3. The van der Waals surface area contributed by atoms with Crippen molar-refractivity contribution in [2.75, 3.05) is 7.11 Å². The summed E-state index contributed by atoms with van der Waals surface area (Å²) in [4.78, 5) is 3.36. The number of ether oxygens (including phenoxy) is 1. The Bertz CT molecular complexity index is 574. The molecular formula is C16H13NO. The van der Waals surface area contributed by atoms with Crippen molar-refractivity contribution in [3.05, 3.63) is 71.1 Å². The second-order valence-corrected chi connectivity index (χ2v) is 3.81. The number of benzene rings is 2. The van der Waals surface area contributed by atoms with E-state index < -0.39 is 0 Å². The highest BCUT2D eigenvalue weighted by atomic mass is 16.5. The van der Waals surface area contributed by atoms with Crippen molar-refractivity contribution in [1.82, 2.24) is 0 Å². The average molecular weight is 235 g/mol. The van der Waals surface area contributed by atoms with Crippen LogP contribution in [0, 0.1) is 6.57 Å². The number of hydrogen-bond donors (Lipinski definition) is 0. The van der Waals surface area contributed by atoms with Crippen molar-refractivity contribution < 1.29 is 4.74 Å². The molecule has 0 aliphatic heterocycles. The highest BCUT2D eigenvalue weighted by Gasteiger charge is 1.92. The van der Waals surface area contributed by atoms with Crippen LogP contribution in [-0.2, 0) is 0 Å². The van der Waals surface area contributed by atoms with Gasteiger partial charge in [-0.2, -0.15) is 0 Å². The molecule has 0 aliphatic rings. The molecule has 0 saturated heterocycles. The predicted octanol–water partition coefficient (Wildman–Crippen LogP) is 4.42. The molecule has 18 heavy (non-hydrogen) atoms. The normalized spacial score (nSPS) is 10.2. The zero-order valence-corrected chi connectivity index (χ0v) is 10.1. The summed E-state index contributed by atoms with van der Waals surface area (Å²) in [5.74, 6) is 0.855. The molecule has 2 aromatic rings. The van der Waals surface area contributed by atoms with Crippen molar-refractivity contribution in [1.29, 1.82) is 0 Å². The summed E-state index contributed by atoms with van der Waals surface area (Å²) in [6.07, 6.45) is 4.06. The first-order valence-corrected chi connectivity index (χ1v) is 5.61. The van der Waals surface area contributed by atoms with Gasteiger partial charge in [-0.15, -0.1) is 0 Å². The molecule has 0 atom stereocenters. The second kappa shape index (κ2) is 5.70. The molecule has 0 aromatic heterocycles. The summed E-state index contributed by atoms with van der Waals surface area (Å²) < 4.78 is 5.11. The molecular weight excluding hydrogens is 222 g/mol. The van der Waals surface area contributed by atoms with Crippen molar-refractivity contribution in [3.63, 3.8) is 0 Å². The van der Waals surface area contributed by atoms with Crippen LogP contribution in [0.15, 0.2) is 48.5 Å². The lowest BCUT2D eigenvalue weighted by Gasteiger charge is -1.99. The summed E-state index contributed by atoms with van der Waals surface area (Å²) in [6, 6.07) is 15.4. The van der Waals surface area contributed by atoms with Gasteiger partial charge in [0.05, 0.1) is 13.7 Å². The smallest absolute Gasteiger partial charge is 0.187 e. The van der Waals surface area contributed by atoms with Gasteiger partial charge in [-0.1, -0.05) is 48.6 Å². The number of nitrogens with zero attached hydrogens (tertiary/aromatic N) is 1. The Kier molecular flexibility index (Phi) is 3.78. The van der Waals surface area contributed by atoms with E-state index in [1.807, 2.05) is 60.7 Å². The van der Waals surface area contributed by atoms with Crippen molar-refractivity contribution in [2.24, 2.45) is 0 Å². The van der Waals surface area contributed by atoms with Gasteiger partial charge in [-0.3, -0.25) is 0 Å².